The Morgan fingerprint density at radius 3 is 1.57 bits per heavy atom. The van der Waals surface area contributed by atoms with E-state index in [4.69, 9.17) is 19.9 Å². The van der Waals surface area contributed by atoms with E-state index in [-0.39, 0.29) is 0 Å². The van der Waals surface area contributed by atoms with Crippen LogP contribution in [0.3, 0.4) is 0 Å². The van der Waals surface area contributed by atoms with Gasteiger partial charge in [0.15, 0.2) is 17.5 Å². The molecule has 2 aliphatic rings. The van der Waals surface area contributed by atoms with Crippen LogP contribution in [0.5, 0.6) is 0 Å². The van der Waals surface area contributed by atoms with Crippen LogP contribution >= 0.6 is 0 Å². The van der Waals surface area contributed by atoms with E-state index in [1.807, 2.05) is 30.5 Å². The molecule has 2 fully saturated rings. The van der Waals surface area contributed by atoms with Gasteiger partial charge in [0.05, 0.1) is 22.7 Å². The van der Waals surface area contributed by atoms with Crippen LogP contribution in [0.2, 0.25) is 0 Å². The molecule has 8 aromatic rings. The lowest BCUT2D eigenvalue weighted by Gasteiger charge is -2.50. The molecule has 6 nitrogen and oxygen atoms in total. The highest BCUT2D eigenvalue weighted by Gasteiger charge is 2.45. The van der Waals surface area contributed by atoms with Crippen LogP contribution in [0, 0.1) is 29.1 Å². The highest BCUT2D eigenvalue weighted by molar-refractivity contribution is 6.09. The zero-order chi connectivity index (χ0) is 37.8. The summed E-state index contributed by atoms with van der Waals surface area (Å²) in [6.45, 7) is 4.91. The first-order valence-corrected chi connectivity index (χ1v) is 19.9. The summed E-state index contributed by atoms with van der Waals surface area (Å²) < 4.78 is 2.20. The van der Waals surface area contributed by atoms with Gasteiger partial charge in [-0.2, -0.15) is 5.26 Å². The van der Waals surface area contributed by atoms with Crippen LogP contribution in [-0.4, -0.2) is 24.5 Å². The molecule has 56 heavy (non-hydrogen) atoms. The highest BCUT2D eigenvalue weighted by atomic mass is 15.1. The molecule has 2 saturated carbocycles. The Morgan fingerprint density at radius 1 is 0.554 bits per heavy atom. The number of benzene rings is 5. The lowest BCUT2D eigenvalue weighted by Crippen LogP contribution is -2.42. The van der Waals surface area contributed by atoms with Gasteiger partial charge in [0.25, 0.3) is 0 Å². The maximum atomic E-state index is 9.42. The number of nitriles is 1. The van der Waals surface area contributed by atoms with Crippen molar-refractivity contribution < 1.29 is 0 Å². The number of hydrogen-bond acceptors (Lipinski definition) is 5. The molecular weight excluding hydrogens is 685 g/mol. The highest BCUT2D eigenvalue weighted by Crippen LogP contribution is 2.54. The molecule has 2 bridgehead atoms. The van der Waals surface area contributed by atoms with E-state index in [0.29, 0.717) is 28.5 Å². The molecule has 0 radical (unpaired) electrons. The zero-order valence-electron chi connectivity index (χ0n) is 31.7. The summed E-state index contributed by atoms with van der Waals surface area (Å²) in [6.07, 6.45) is 8.58. The normalized spacial score (nSPS) is 20.6. The Labute approximate surface area is 327 Å². The van der Waals surface area contributed by atoms with Crippen LogP contribution < -0.4 is 0 Å². The topological polar surface area (TPSA) is 80.3 Å². The molecule has 5 aromatic carbocycles. The standard InChI is InChI=1S/C50H42N6/c1-32-25-35-26-33(2)28-50(27-32,29-35)41-22-19-37(20-23-41)36-15-17-39(18-16-36)48-53-47(38-13-11-34(30-51)12-14-38)54-49(55-48)40-21-24-46(52-31-40)56-44-9-5-3-7-42(44)43-8-4-6-10-45(43)56/h3-24,31-33,35H,25-29H2,1-2H3/t32-,33+,35?,50?. The lowest BCUT2D eigenvalue weighted by molar-refractivity contribution is 0.0780. The molecule has 0 saturated heterocycles. The van der Waals surface area contributed by atoms with E-state index in [1.165, 1.54) is 54.0 Å². The second kappa shape index (κ2) is 13.7. The van der Waals surface area contributed by atoms with Crippen LogP contribution in [0.25, 0.3) is 72.9 Å². The number of hydrogen-bond donors (Lipinski definition) is 0. The Bertz CT molecular complexity index is 2680. The first-order chi connectivity index (χ1) is 27.4. The van der Waals surface area contributed by atoms with E-state index in [9.17, 15) is 5.26 Å². The third kappa shape index (κ3) is 6.05. The Kier molecular flexibility index (Phi) is 8.33. The summed E-state index contributed by atoms with van der Waals surface area (Å²) in [5.74, 6) is 4.93. The Hall–Kier alpha value is -6.45. The summed E-state index contributed by atoms with van der Waals surface area (Å²) in [5, 5.41) is 11.8. The van der Waals surface area contributed by atoms with Crippen molar-refractivity contribution in [2.75, 3.05) is 0 Å². The third-order valence-electron chi connectivity index (χ3n) is 12.3. The monoisotopic (exact) mass is 726 g/mol. The van der Waals surface area contributed by atoms with E-state index >= 15 is 0 Å². The fourth-order valence-electron chi connectivity index (χ4n) is 10.2. The summed E-state index contributed by atoms with van der Waals surface area (Å²) in [6, 6.07) is 48.4. The van der Waals surface area contributed by atoms with Crippen molar-refractivity contribution in [3.63, 3.8) is 0 Å². The number of rotatable bonds is 6. The number of fused-ring (bicyclic) bond motifs is 5. The maximum absolute atomic E-state index is 9.42. The minimum absolute atomic E-state index is 0.326. The predicted molar refractivity (Wildman–Crippen MR) is 225 cm³/mol. The number of aromatic nitrogens is 5. The van der Waals surface area contributed by atoms with Gasteiger partial charge >= 0.3 is 0 Å². The molecule has 0 aliphatic heterocycles. The van der Waals surface area contributed by atoms with E-state index in [2.05, 4.69) is 122 Å². The molecule has 3 aromatic heterocycles. The van der Waals surface area contributed by atoms with Gasteiger partial charge in [-0.25, -0.2) is 19.9 Å². The quantitative estimate of drug-likeness (QED) is 0.170. The van der Waals surface area contributed by atoms with E-state index < -0.39 is 0 Å². The molecule has 10 rings (SSSR count). The van der Waals surface area contributed by atoms with Gasteiger partial charge in [-0.3, -0.25) is 4.57 Å². The van der Waals surface area contributed by atoms with Gasteiger partial charge in [0, 0.05) is 33.7 Å². The van der Waals surface area contributed by atoms with Crippen molar-refractivity contribution >= 4 is 21.8 Å². The van der Waals surface area contributed by atoms with E-state index in [1.54, 1.807) is 12.1 Å². The van der Waals surface area contributed by atoms with Crippen molar-refractivity contribution in [1.29, 1.82) is 5.26 Å². The average Bonchev–Trinajstić information content (AvgIpc) is 3.57. The van der Waals surface area contributed by atoms with Gasteiger partial charge in [0.2, 0.25) is 0 Å². The van der Waals surface area contributed by atoms with Crippen molar-refractivity contribution in [2.45, 2.75) is 51.4 Å². The van der Waals surface area contributed by atoms with Gasteiger partial charge in [-0.15, -0.1) is 0 Å². The molecule has 0 spiro atoms. The second-order valence-electron chi connectivity index (χ2n) is 16.4. The summed E-state index contributed by atoms with van der Waals surface area (Å²) in [5.41, 5.74) is 9.52. The number of nitrogens with zero attached hydrogens (tertiary/aromatic N) is 6. The first kappa shape index (κ1) is 34.1. The Balaban J connectivity index is 0.986. The van der Waals surface area contributed by atoms with Gasteiger partial charge < -0.3 is 0 Å². The molecule has 2 aliphatic carbocycles. The molecule has 2 unspecified atom stereocenters. The van der Waals surface area contributed by atoms with Gasteiger partial charge in [0.1, 0.15) is 5.82 Å². The SMILES string of the molecule is C[C@@H]1CC2C[C@H](C)CC(c3ccc(-c4ccc(-c5nc(-c6ccc(C#N)cc6)nc(-c6ccc(-n7c8ccccc8c8ccccc87)nc6)n5)cc4)cc3)(C2)C1. The fourth-order valence-corrected chi connectivity index (χ4v) is 10.2. The minimum Gasteiger partial charge on any atom is -0.294 e. The van der Waals surface area contributed by atoms with Crippen molar-refractivity contribution in [3.05, 3.63) is 151 Å². The predicted octanol–water partition coefficient (Wildman–Crippen LogP) is 12.0. The largest absolute Gasteiger partial charge is 0.294 e. The van der Waals surface area contributed by atoms with Gasteiger partial charge in [-0.05, 0) is 120 Å². The van der Waals surface area contributed by atoms with Crippen molar-refractivity contribution in [1.82, 2.24) is 24.5 Å². The summed E-state index contributed by atoms with van der Waals surface area (Å²) in [4.78, 5) is 19.9. The summed E-state index contributed by atoms with van der Waals surface area (Å²) in [7, 11) is 0. The molecule has 3 heterocycles. The molecular formula is C50H42N6. The lowest BCUT2D eigenvalue weighted by atomic mass is 9.54. The van der Waals surface area contributed by atoms with Gasteiger partial charge in [-0.1, -0.05) is 98.8 Å². The van der Waals surface area contributed by atoms with E-state index in [0.717, 1.165) is 56.9 Å². The zero-order valence-corrected chi connectivity index (χ0v) is 31.7. The van der Waals surface area contributed by atoms with Crippen molar-refractivity contribution in [3.8, 4) is 57.2 Å². The van der Waals surface area contributed by atoms with Crippen LogP contribution in [0.15, 0.2) is 140 Å². The Morgan fingerprint density at radius 2 is 1.04 bits per heavy atom. The molecule has 272 valence electrons. The maximum Gasteiger partial charge on any atom is 0.165 e. The van der Waals surface area contributed by atoms with Crippen LogP contribution in [0.1, 0.15) is 57.1 Å². The molecule has 0 amide bonds. The molecule has 6 heteroatoms. The van der Waals surface area contributed by atoms with Crippen LogP contribution in [0.4, 0.5) is 0 Å². The second-order valence-corrected chi connectivity index (χ2v) is 16.4. The first-order valence-electron chi connectivity index (χ1n) is 19.9. The third-order valence-corrected chi connectivity index (χ3v) is 12.3. The van der Waals surface area contributed by atoms with Crippen molar-refractivity contribution in [2.24, 2.45) is 17.8 Å². The molecule has 4 atom stereocenters. The average molecular weight is 727 g/mol. The fraction of sp³-hybridized carbons (Fsp3) is 0.220. The molecule has 0 N–H and O–H groups in total. The smallest absolute Gasteiger partial charge is 0.165 e. The number of para-hydroxylation sites is 2. The minimum atomic E-state index is 0.326. The number of pyridine rings is 1. The van der Waals surface area contributed by atoms with Crippen LogP contribution in [-0.2, 0) is 5.41 Å². The summed E-state index contributed by atoms with van der Waals surface area (Å²) >= 11 is 0.